The molecule has 2 unspecified atom stereocenters. The quantitative estimate of drug-likeness (QED) is 0.661. The molecule has 1 heterocycles. The number of amides is 1. The Morgan fingerprint density at radius 3 is 2.59 bits per heavy atom. The molecule has 1 fully saturated rings. The third kappa shape index (κ3) is 4.96. The van der Waals surface area contributed by atoms with Crippen LogP contribution in [0.5, 0.6) is 17.2 Å². The number of carbonyl (C=O) groups excluding carboxylic acids is 2. The second-order valence-corrected chi connectivity index (χ2v) is 6.46. The second-order valence-electron chi connectivity index (χ2n) is 6.46. The molecule has 1 amide bonds. The SMILES string of the molecule is COC(=O)C1CC(Oc2ccccc2F)CN1C(=O)COc1cccc(OC)c1. The van der Waals surface area contributed by atoms with Gasteiger partial charge in [-0.05, 0) is 24.3 Å². The lowest BCUT2D eigenvalue weighted by Gasteiger charge is -2.22. The van der Waals surface area contributed by atoms with Crippen LogP contribution < -0.4 is 14.2 Å². The van der Waals surface area contributed by atoms with E-state index >= 15 is 0 Å². The molecule has 7 nitrogen and oxygen atoms in total. The van der Waals surface area contributed by atoms with Crippen LogP contribution in [0.15, 0.2) is 48.5 Å². The zero-order chi connectivity index (χ0) is 20.8. The van der Waals surface area contributed by atoms with Crippen molar-refractivity contribution in [1.82, 2.24) is 4.90 Å². The number of hydrogen-bond donors (Lipinski definition) is 0. The summed E-state index contributed by atoms with van der Waals surface area (Å²) in [5.74, 6) is -0.328. The van der Waals surface area contributed by atoms with Crippen molar-refractivity contribution < 1.29 is 32.9 Å². The van der Waals surface area contributed by atoms with Crippen LogP contribution >= 0.6 is 0 Å². The first kappa shape index (κ1) is 20.4. The molecule has 0 saturated carbocycles. The van der Waals surface area contributed by atoms with Crippen LogP contribution in [0.3, 0.4) is 0 Å². The van der Waals surface area contributed by atoms with Gasteiger partial charge in [0.15, 0.2) is 18.2 Å². The summed E-state index contributed by atoms with van der Waals surface area (Å²) >= 11 is 0. The Morgan fingerprint density at radius 1 is 1.10 bits per heavy atom. The normalized spacial score (nSPS) is 18.2. The van der Waals surface area contributed by atoms with Crippen molar-refractivity contribution in [2.24, 2.45) is 0 Å². The largest absolute Gasteiger partial charge is 0.497 e. The number of methoxy groups -OCH3 is 2. The fraction of sp³-hybridized carbons (Fsp3) is 0.333. The number of halogens is 1. The van der Waals surface area contributed by atoms with Gasteiger partial charge in [0.1, 0.15) is 23.6 Å². The molecule has 1 saturated heterocycles. The summed E-state index contributed by atoms with van der Waals surface area (Å²) in [5.41, 5.74) is 0. The first-order chi connectivity index (χ1) is 14.0. The molecule has 2 aromatic rings. The number of ether oxygens (including phenoxy) is 4. The molecule has 2 atom stereocenters. The molecule has 2 aromatic carbocycles. The average Bonchev–Trinajstić information content (AvgIpc) is 3.17. The Bertz CT molecular complexity index is 874. The summed E-state index contributed by atoms with van der Waals surface area (Å²) in [6, 6.07) is 12.0. The topological polar surface area (TPSA) is 74.3 Å². The molecule has 154 valence electrons. The van der Waals surface area contributed by atoms with Gasteiger partial charge >= 0.3 is 5.97 Å². The number of para-hydroxylation sites is 1. The maximum Gasteiger partial charge on any atom is 0.328 e. The predicted molar refractivity (Wildman–Crippen MR) is 101 cm³/mol. The molecular weight excluding hydrogens is 381 g/mol. The molecule has 0 radical (unpaired) electrons. The molecule has 0 spiro atoms. The number of rotatable bonds is 7. The molecule has 0 aliphatic carbocycles. The third-order valence-electron chi connectivity index (χ3n) is 4.59. The molecule has 1 aliphatic rings. The maximum atomic E-state index is 13.9. The van der Waals surface area contributed by atoms with E-state index in [0.29, 0.717) is 11.5 Å². The number of likely N-dealkylation sites (tertiary alicyclic amines) is 1. The van der Waals surface area contributed by atoms with Crippen molar-refractivity contribution in [2.75, 3.05) is 27.4 Å². The van der Waals surface area contributed by atoms with Crippen LogP contribution in [0, 0.1) is 5.82 Å². The van der Waals surface area contributed by atoms with E-state index in [9.17, 15) is 14.0 Å². The fourth-order valence-corrected chi connectivity index (χ4v) is 3.16. The Kier molecular flexibility index (Phi) is 6.54. The Labute approximate surface area is 167 Å². The Balaban J connectivity index is 1.67. The van der Waals surface area contributed by atoms with Crippen LogP contribution in [-0.4, -0.2) is 56.3 Å². The fourth-order valence-electron chi connectivity index (χ4n) is 3.16. The first-order valence-corrected chi connectivity index (χ1v) is 9.07. The molecule has 0 N–H and O–H groups in total. The molecule has 0 bridgehead atoms. The second kappa shape index (κ2) is 9.27. The third-order valence-corrected chi connectivity index (χ3v) is 4.59. The van der Waals surface area contributed by atoms with Gasteiger partial charge in [-0.2, -0.15) is 0 Å². The van der Waals surface area contributed by atoms with Gasteiger partial charge in [0.2, 0.25) is 0 Å². The molecule has 1 aliphatic heterocycles. The van der Waals surface area contributed by atoms with Gasteiger partial charge in [0.05, 0.1) is 20.8 Å². The van der Waals surface area contributed by atoms with Crippen LogP contribution in [0.1, 0.15) is 6.42 Å². The highest BCUT2D eigenvalue weighted by atomic mass is 19.1. The van der Waals surface area contributed by atoms with Crippen molar-refractivity contribution in [3.05, 3.63) is 54.3 Å². The van der Waals surface area contributed by atoms with Gasteiger partial charge in [-0.25, -0.2) is 9.18 Å². The van der Waals surface area contributed by atoms with Crippen molar-refractivity contribution in [3.63, 3.8) is 0 Å². The summed E-state index contributed by atoms with van der Waals surface area (Å²) in [5, 5.41) is 0. The minimum atomic E-state index is -0.821. The zero-order valence-electron chi connectivity index (χ0n) is 16.2. The highest BCUT2D eigenvalue weighted by Gasteiger charge is 2.41. The van der Waals surface area contributed by atoms with Gasteiger partial charge in [0.25, 0.3) is 5.91 Å². The van der Waals surface area contributed by atoms with Gasteiger partial charge in [-0.3, -0.25) is 4.79 Å². The number of benzene rings is 2. The monoisotopic (exact) mass is 403 g/mol. The van der Waals surface area contributed by atoms with Crippen LogP contribution in [-0.2, 0) is 14.3 Å². The molecule has 8 heteroatoms. The number of hydrogen-bond acceptors (Lipinski definition) is 6. The van der Waals surface area contributed by atoms with Crippen molar-refractivity contribution in [1.29, 1.82) is 0 Å². The van der Waals surface area contributed by atoms with Crippen molar-refractivity contribution in [3.8, 4) is 17.2 Å². The van der Waals surface area contributed by atoms with Gasteiger partial charge in [-0.15, -0.1) is 0 Å². The lowest BCUT2D eigenvalue weighted by molar-refractivity contribution is -0.151. The average molecular weight is 403 g/mol. The van der Waals surface area contributed by atoms with Crippen molar-refractivity contribution >= 4 is 11.9 Å². The Morgan fingerprint density at radius 2 is 1.86 bits per heavy atom. The smallest absolute Gasteiger partial charge is 0.328 e. The van der Waals surface area contributed by atoms with E-state index < -0.39 is 29.8 Å². The van der Waals surface area contributed by atoms with E-state index in [4.69, 9.17) is 18.9 Å². The summed E-state index contributed by atoms with van der Waals surface area (Å²) < 4.78 is 35.0. The van der Waals surface area contributed by atoms with E-state index in [1.54, 1.807) is 36.4 Å². The number of nitrogens with zero attached hydrogens (tertiary/aromatic N) is 1. The molecular formula is C21H22FNO6. The summed E-state index contributed by atoms with van der Waals surface area (Å²) in [7, 11) is 2.79. The number of esters is 1. The minimum absolute atomic E-state index is 0.0723. The zero-order valence-corrected chi connectivity index (χ0v) is 16.2. The molecule has 29 heavy (non-hydrogen) atoms. The molecule has 3 rings (SSSR count). The Hall–Kier alpha value is -3.29. The van der Waals surface area contributed by atoms with E-state index in [2.05, 4.69) is 0 Å². The van der Waals surface area contributed by atoms with E-state index in [0.717, 1.165) is 0 Å². The molecule has 0 aromatic heterocycles. The number of carbonyl (C=O) groups is 2. The maximum absolute atomic E-state index is 13.9. The predicted octanol–water partition coefficient (Wildman–Crippen LogP) is 2.43. The van der Waals surface area contributed by atoms with E-state index in [1.165, 1.54) is 31.3 Å². The first-order valence-electron chi connectivity index (χ1n) is 9.07. The van der Waals surface area contributed by atoms with Crippen LogP contribution in [0.4, 0.5) is 4.39 Å². The summed E-state index contributed by atoms with van der Waals surface area (Å²) in [6.07, 6.45) is -0.344. The summed E-state index contributed by atoms with van der Waals surface area (Å²) in [4.78, 5) is 26.2. The van der Waals surface area contributed by atoms with E-state index in [-0.39, 0.29) is 25.3 Å². The lowest BCUT2D eigenvalue weighted by atomic mass is 10.2. The van der Waals surface area contributed by atoms with E-state index in [1.807, 2.05) is 0 Å². The lowest BCUT2D eigenvalue weighted by Crippen LogP contribution is -2.43. The highest BCUT2D eigenvalue weighted by molar-refractivity contribution is 5.86. The van der Waals surface area contributed by atoms with Gasteiger partial charge in [0, 0.05) is 12.5 Å². The van der Waals surface area contributed by atoms with Crippen LogP contribution in [0.25, 0.3) is 0 Å². The highest BCUT2D eigenvalue weighted by Crippen LogP contribution is 2.26. The standard InChI is InChI=1S/C21H22FNO6/c1-26-14-6-5-7-15(10-14)28-13-20(24)23-12-16(11-18(23)21(25)27-2)29-19-9-4-3-8-17(19)22/h3-10,16,18H,11-13H2,1-2H3. The van der Waals surface area contributed by atoms with Crippen LogP contribution in [0.2, 0.25) is 0 Å². The van der Waals surface area contributed by atoms with Crippen molar-refractivity contribution in [2.45, 2.75) is 18.6 Å². The summed E-state index contributed by atoms with van der Waals surface area (Å²) in [6.45, 7) is -0.151. The van der Waals surface area contributed by atoms with Gasteiger partial charge < -0.3 is 23.8 Å². The van der Waals surface area contributed by atoms with Gasteiger partial charge in [-0.1, -0.05) is 18.2 Å². The minimum Gasteiger partial charge on any atom is -0.497 e.